The minimum Gasteiger partial charge on any atom is -0.396 e. The number of likely N-dealkylation sites (N-methyl/N-ethyl adjacent to an activating group) is 1. The molecule has 0 fully saturated rings. The molecule has 0 aliphatic heterocycles. The number of amides is 1. The number of nitrogens with zero attached hydrogens (tertiary/aromatic N) is 3. The van der Waals surface area contributed by atoms with Gasteiger partial charge in [-0.2, -0.15) is 0 Å². The van der Waals surface area contributed by atoms with E-state index in [9.17, 15) is 9.90 Å². The lowest BCUT2D eigenvalue weighted by Gasteiger charge is -2.19. The molecule has 1 amide bonds. The maximum absolute atomic E-state index is 12.4. The summed E-state index contributed by atoms with van der Waals surface area (Å²) in [5.41, 5.74) is 2.02. The van der Waals surface area contributed by atoms with Crippen molar-refractivity contribution >= 4 is 35.8 Å². The Morgan fingerprint density at radius 1 is 1.17 bits per heavy atom. The van der Waals surface area contributed by atoms with E-state index in [0.717, 1.165) is 11.3 Å². The van der Waals surface area contributed by atoms with Gasteiger partial charge in [0.25, 0.3) is 0 Å². The summed E-state index contributed by atoms with van der Waals surface area (Å²) in [5.74, 6) is 0.463. The molecule has 0 radical (unpaired) electrons. The summed E-state index contributed by atoms with van der Waals surface area (Å²) in [5, 5.41) is 16.1. The van der Waals surface area contributed by atoms with Crippen molar-refractivity contribution in [2.45, 2.75) is 19.3 Å². The van der Waals surface area contributed by atoms with Gasteiger partial charge in [0.15, 0.2) is 5.96 Å². The summed E-state index contributed by atoms with van der Waals surface area (Å²) >= 11 is 0. The van der Waals surface area contributed by atoms with Gasteiger partial charge in [-0.05, 0) is 24.6 Å². The summed E-state index contributed by atoms with van der Waals surface area (Å²) in [4.78, 5) is 22.7. The first kappa shape index (κ1) is 25.8. The van der Waals surface area contributed by atoms with Gasteiger partial charge in [-0.15, -0.1) is 24.0 Å². The number of aliphatic hydroxyl groups excluding tert-OH is 1. The number of aromatic nitrogens is 1. The molecule has 0 bridgehead atoms. The third kappa shape index (κ3) is 9.08. The first-order chi connectivity index (χ1) is 14.1. The maximum atomic E-state index is 12.4. The van der Waals surface area contributed by atoms with Crippen LogP contribution in [0.4, 0.5) is 0 Å². The van der Waals surface area contributed by atoms with Crippen molar-refractivity contribution < 1.29 is 9.90 Å². The zero-order valence-electron chi connectivity index (χ0n) is 17.6. The van der Waals surface area contributed by atoms with E-state index >= 15 is 0 Å². The van der Waals surface area contributed by atoms with Gasteiger partial charge < -0.3 is 20.6 Å². The second-order valence-corrected chi connectivity index (χ2v) is 6.75. The number of nitrogens with one attached hydrogen (secondary N) is 2. The zero-order valence-corrected chi connectivity index (χ0v) is 20.0. The van der Waals surface area contributed by atoms with E-state index < -0.39 is 0 Å². The molecule has 164 valence electrons. The maximum Gasteiger partial charge on any atom is 0.244 e. The van der Waals surface area contributed by atoms with Crippen molar-refractivity contribution in [1.29, 1.82) is 0 Å². The number of pyridine rings is 1. The molecule has 1 aromatic heterocycles. The quantitative estimate of drug-likeness (QED) is 0.251. The van der Waals surface area contributed by atoms with Gasteiger partial charge in [0.2, 0.25) is 5.91 Å². The van der Waals surface area contributed by atoms with E-state index in [-0.39, 0.29) is 49.0 Å². The number of guanidine groups is 1. The van der Waals surface area contributed by atoms with Crippen LogP contribution in [-0.2, 0) is 11.2 Å². The summed E-state index contributed by atoms with van der Waals surface area (Å²) in [7, 11) is 1.78. The Kier molecular flexibility index (Phi) is 12.7. The lowest BCUT2D eigenvalue weighted by Crippen LogP contribution is -2.41. The Hall–Kier alpha value is -2.20. The molecule has 1 unspecified atom stereocenters. The SMILES string of the molecule is CCNC(=NCC(=O)N(C)CCc1ccccn1)NCC(CO)c1ccccc1.I. The smallest absolute Gasteiger partial charge is 0.244 e. The Labute approximate surface area is 196 Å². The van der Waals surface area contributed by atoms with Crippen LogP contribution in [0.15, 0.2) is 59.7 Å². The summed E-state index contributed by atoms with van der Waals surface area (Å²) in [6.45, 7) is 3.87. The van der Waals surface area contributed by atoms with E-state index in [2.05, 4.69) is 20.6 Å². The highest BCUT2D eigenvalue weighted by molar-refractivity contribution is 14.0. The lowest BCUT2D eigenvalue weighted by atomic mass is 10.0. The van der Waals surface area contributed by atoms with Crippen molar-refractivity contribution in [3.63, 3.8) is 0 Å². The molecule has 0 aliphatic carbocycles. The summed E-state index contributed by atoms with van der Waals surface area (Å²) < 4.78 is 0. The molecule has 1 atom stereocenters. The van der Waals surface area contributed by atoms with Crippen LogP contribution in [-0.4, -0.2) is 66.7 Å². The number of carbonyl (C=O) groups is 1. The molecule has 1 heterocycles. The second-order valence-electron chi connectivity index (χ2n) is 6.75. The van der Waals surface area contributed by atoms with Gasteiger partial charge in [-0.3, -0.25) is 9.78 Å². The van der Waals surface area contributed by atoms with Crippen LogP contribution in [0.5, 0.6) is 0 Å². The number of aliphatic hydroxyl groups is 1. The van der Waals surface area contributed by atoms with Crippen LogP contribution < -0.4 is 10.6 Å². The zero-order chi connectivity index (χ0) is 20.9. The fourth-order valence-corrected chi connectivity index (χ4v) is 2.79. The van der Waals surface area contributed by atoms with Crippen molar-refractivity contribution in [2.24, 2.45) is 4.99 Å². The number of rotatable bonds is 10. The number of hydrogen-bond donors (Lipinski definition) is 3. The topological polar surface area (TPSA) is 89.9 Å². The molecule has 2 aromatic rings. The van der Waals surface area contributed by atoms with Crippen LogP contribution in [0.1, 0.15) is 24.1 Å². The van der Waals surface area contributed by atoms with Gasteiger partial charge >= 0.3 is 0 Å². The number of halogens is 1. The van der Waals surface area contributed by atoms with E-state index in [4.69, 9.17) is 0 Å². The molecule has 30 heavy (non-hydrogen) atoms. The Morgan fingerprint density at radius 2 is 1.90 bits per heavy atom. The van der Waals surface area contributed by atoms with Crippen LogP contribution in [0, 0.1) is 0 Å². The first-order valence-corrected chi connectivity index (χ1v) is 9.95. The molecule has 8 heteroatoms. The van der Waals surface area contributed by atoms with Crippen LogP contribution in [0.25, 0.3) is 0 Å². The monoisotopic (exact) mass is 525 g/mol. The fourth-order valence-electron chi connectivity index (χ4n) is 2.79. The van der Waals surface area contributed by atoms with E-state index in [1.807, 2.05) is 55.5 Å². The van der Waals surface area contributed by atoms with Crippen molar-refractivity contribution in [1.82, 2.24) is 20.5 Å². The highest BCUT2D eigenvalue weighted by Crippen LogP contribution is 2.13. The third-order valence-electron chi connectivity index (χ3n) is 4.58. The highest BCUT2D eigenvalue weighted by Gasteiger charge is 2.12. The van der Waals surface area contributed by atoms with E-state index in [0.29, 0.717) is 32.0 Å². The fraction of sp³-hybridized carbons (Fsp3) is 0.409. The lowest BCUT2D eigenvalue weighted by molar-refractivity contribution is -0.128. The Balaban J connectivity index is 0.00000450. The predicted octanol–water partition coefficient (Wildman–Crippen LogP) is 2.03. The molecule has 0 saturated carbocycles. The van der Waals surface area contributed by atoms with Crippen LogP contribution >= 0.6 is 24.0 Å². The average molecular weight is 525 g/mol. The van der Waals surface area contributed by atoms with Crippen molar-refractivity contribution in [3.05, 3.63) is 66.0 Å². The minimum absolute atomic E-state index is 0. The number of aliphatic imine (C=N–C) groups is 1. The second kappa shape index (κ2) is 14.7. The van der Waals surface area contributed by atoms with Gasteiger partial charge in [-0.1, -0.05) is 36.4 Å². The van der Waals surface area contributed by atoms with Gasteiger partial charge in [-0.25, -0.2) is 4.99 Å². The number of carbonyl (C=O) groups excluding carboxylic acids is 1. The van der Waals surface area contributed by atoms with Crippen molar-refractivity contribution in [3.8, 4) is 0 Å². The van der Waals surface area contributed by atoms with Crippen LogP contribution in [0.2, 0.25) is 0 Å². The summed E-state index contributed by atoms with van der Waals surface area (Å²) in [6, 6.07) is 15.6. The third-order valence-corrected chi connectivity index (χ3v) is 4.58. The molecule has 7 nitrogen and oxygen atoms in total. The van der Waals surface area contributed by atoms with Gasteiger partial charge in [0.1, 0.15) is 6.54 Å². The van der Waals surface area contributed by atoms with E-state index in [1.165, 1.54) is 0 Å². The largest absolute Gasteiger partial charge is 0.396 e. The van der Waals surface area contributed by atoms with Crippen molar-refractivity contribution in [2.75, 3.05) is 39.8 Å². The molecule has 2 rings (SSSR count). The number of benzene rings is 1. The Morgan fingerprint density at radius 3 is 2.53 bits per heavy atom. The normalized spacial score (nSPS) is 11.9. The molecule has 0 aliphatic rings. The molecular weight excluding hydrogens is 493 g/mol. The molecule has 1 aromatic carbocycles. The number of hydrogen-bond acceptors (Lipinski definition) is 4. The minimum atomic E-state index is -0.0556. The standard InChI is InChI=1S/C22H31N5O2.HI/c1-3-23-22(25-15-19(17-28)18-9-5-4-6-10-18)26-16-21(29)27(2)14-12-20-11-7-8-13-24-20;/h4-11,13,19,28H,3,12,14-17H2,1-2H3,(H2,23,25,26);1H. The Bertz CT molecular complexity index is 759. The van der Waals surface area contributed by atoms with Gasteiger partial charge in [0.05, 0.1) is 6.61 Å². The van der Waals surface area contributed by atoms with Crippen LogP contribution in [0.3, 0.4) is 0 Å². The van der Waals surface area contributed by atoms with E-state index in [1.54, 1.807) is 18.1 Å². The molecule has 3 N–H and O–H groups in total. The molecule has 0 saturated heterocycles. The molecular formula is C22H32IN5O2. The average Bonchev–Trinajstić information content (AvgIpc) is 2.77. The highest BCUT2D eigenvalue weighted by atomic mass is 127. The first-order valence-electron chi connectivity index (χ1n) is 9.95. The van der Waals surface area contributed by atoms with Gasteiger partial charge in [0, 0.05) is 50.9 Å². The predicted molar refractivity (Wildman–Crippen MR) is 131 cm³/mol. The summed E-state index contributed by atoms with van der Waals surface area (Å²) in [6.07, 6.45) is 2.46. The molecule has 0 spiro atoms.